The molecule has 1 saturated heterocycles. The summed E-state index contributed by atoms with van der Waals surface area (Å²) in [6.45, 7) is 1.43. The van der Waals surface area contributed by atoms with Gasteiger partial charge >= 0.3 is 0 Å². The van der Waals surface area contributed by atoms with Gasteiger partial charge in [0.2, 0.25) is 0 Å². The summed E-state index contributed by atoms with van der Waals surface area (Å²) in [6.07, 6.45) is 5.18. The van der Waals surface area contributed by atoms with Crippen LogP contribution in [-0.4, -0.2) is 39.4 Å². The summed E-state index contributed by atoms with van der Waals surface area (Å²) in [7, 11) is -2.24. The standard InChI is InChI=1S/C25H28N4O4S/c1-27-34(30,31)28-18-7-5-17(6-8-18)25-23(16-26)22-10-9-21(33-20-11-13-32-14-12-20)15-24(22)29(25)19-3-2-4-19/h5-10,15,19-20,27-28H,2-4,11-14H2,1H3. The van der Waals surface area contributed by atoms with Gasteiger partial charge in [0.15, 0.2) is 0 Å². The molecule has 1 aromatic heterocycles. The molecule has 3 aromatic rings. The molecule has 1 saturated carbocycles. The molecular formula is C25H28N4O4S. The first-order valence-corrected chi connectivity index (χ1v) is 13.1. The fourth-order valence-electron chi connectivity index (χ4n) is 4.67. The average molecular weight is 481 g/mol. The van der Waals surface area contributed by atoms with E-state index in [-0.39, 0.29) is 6.10 Å². The Balaban J connectivity index is 1.57. The number of aromatic nitrogens is 1. The minimum atomic E-state index is -3.60. The molecule has 9 heteroatoms. The van der Waals surface area contributed by atoms with E-state index in [9.17, 15) is 13.7 Å². The van der Waals surface area contributed by atoms with Crippen LogP contribution in [-0.2, 0) is 14.9 Å². The monoisotopic (exact) mass is 480 g/mol. The Labute approximate surface area is 199 Å². The minimum Gasteiger partial charge on any atom is -0.490 e. The van der Waals surface area contributed by atoms with Crippen LogP contribution in [0.1, 0.15) is 43.7 Å². The summed E-state index contributed by atoms with van der Waals surface area (Å²) >= 11 is 0. The second kappa shape index (κ2) is 9.29. The second-order valence-corrected chi connectivity index (χ2v) is 10.4. The number of rotatable bonds is 7. The molecule has 5 rings (SSSR count). The number of hydrogen-bond donors (Lipinski definition) is 2. The number of nitrogens with zero attached hydrogens (tertiary/aromatic N) is 2. The van der Waals surface area contributed by atoms with Crippen molar-refractivity contribution in [2.24, 2.45) is 0 Å². The van der Waals surface area contributed by atoms with E-state index in [0.29, 0.717) is 30.5 Å². The molecule has 2 aromatic carbocycles. The van der Waals surface area contributed by atoms with Gasteiger partial charge in [-0.3, -0.25) is 4.72 Å². The lowest BCUT2D eigenvalue weighted by molar-refractivity contribution is 0.0256. The van der Waals surface area contributed by atoms with Crippen LogP contribution in [0, 0.1) is 11.3 Å². The summed E-state index contributed by atoms with van der Waals surface area (Å²) in [5.74, 6) is 0.810. The van der Waals surface area contributed by atoms with Gasteiger partial charge in [-0.15, -0.1) is 0 Å². The molecule has 1 aliphatic carbocycles. The Kier molecular flexibility index (Phi) is 6.21. The third-order valence-electron chi connectivity index (χ3n) is 6.68. The number of nitrogens with one attached hydrogen (secondary N) is 2. The fraction of sp³-hybridized carbons (Fsp3) is 0.400. The quantitative estimate of drug-likeness (QED) is 0.523. The molecule has 0 bridgehead atoms. The van der Waals surface area contributed by atoms with Gasteiger partial charge in [-0.25, -0.2) is 4.72 Å². The number of benzene rings is 2. The molecule has 2 heterocycles. The molecule has 2 N–H and O–H groups in total. The number of hydrogen-bond acceptors (Lipinski definition) is 5. The molecule has 34 heavy (non-hydrogen) atoms. The van der Waals surface area contributed by atoms with Crippen molar-refractivity contribution >= 4 is 26.8 Å². The Hall–Kier alpha value is -3.06. The van der Waals surface area contributed by atoms with Crippen LogP contribution >= 0.6 is 0 Å². The third-order valence-corrected chi connectivity index (χ3v) is 7.72. The highest BCUT2D eigenvalue weighted by atomic mass is 32.2. The van der Waals surface area contributed by atoms with Crippen LogP contribution in [0.15, 0.2) is 42.5 Å². The van der Waals surface area contributed by atoms with Gasteiger partial charge in [-0.1, -0.05) is 12.1 Å². The molecule has 0 amide bonds. The summed E-state index contributed by atoms with van der Waals surface area (Å²) in [5, 5.41) is 11.0. The fourth-order valence-corrected chi connectivity index (χ4v) is 5.22. The van der Waals surface area contributed by atoms with Crippen LogP contribution < -0.4 is 14.2 Å². The van der Waals surface area contributed by atoms with Crippen molar-refractivity contribution in [3.8, 4) is 23.1 Å². The molecule has 1 aliphatic heterocycles. The smallest absolute Gasteiger partial charge is 0.298 e. The topological polar surface area (TPSA) is 105 Å². The third kappa shape index (κ3) is 4.37. The van der Waals surface area contributed by atoms with E-state index >= 15 is 0 Å². The minimum absolute atomic E-state index is 0.141. The molecule has 8 nitrogen and oxygen atoms in total. The van der Waals surface area contributed by atoms with Gasteiger partial charge in [0.05, 0.1) is 30.0 Å². The predicted octanol–water partition coefficient (Wildman–Crippen LogP) is 4.34. The van der Waals surface area contributed by atoms with Gasteiger partial charge in [-0.05, 0) is 49.1 Å². The van der Waals surface area contributed by atoms with Gasteiger partial charge in [-0.2, -0.15) is 13.7 Å². The van der Waals surface area contributed by atoms with E-state index in [4.69, 9.17) is 9.47 Å². The highest BCUT2D eigenvalue weighted by Gasteiger charge is 2.28. The summed E-state index contributed by atoms with van der Waals surface area (Å²) < 4.78 is 42.3. The Morgan fingerprint density at radius 2 is 1.82 bits per heavy atom. The number of nitriles is 1. The Morgan fingerprint density at radius 1 is 1.09 bits per heavy atom. The zero-order chi connectivity index (χ0) is 23.7. The highest BCUT2D eigenvalue weighted by molar-refractivity contribution is 7.90. The van der Waals surface area contributed by atoms with Crippen molar-refractivity contribution in [3.63, 3.8) is 0 Å². The first kappa shape index (κ1) is 22.7. The normalized spacial score (nSPS) is 17.3. The zero-order valence-corrected chi connectivity index (χ0v) is 19.9. The van der Waals surface area contributed by atoms with Crippen molar-refractivity contribution in [1.82, 2.24) is 9.29 Å². The Morgan fingerprint density at radius 3 is 2.44 bits per heavy atom. The van der Waals surface area contributed by atoms with E-state index in [1.807, 2.05) is 24.3 Å². The van der Waals surface area contributed by atoms with Crippen molar-refractivity contribution < 1.29 is 17.9 Å². The average Bonchev–Trinajstić information content (AvgIpc) is 3.12. The van der Waals surface area contributed by atoms with Gasteiger partial charge in [0.25, 0.3) is 10.2 Å². The maximum absolute atomic E-state index is 11.8. The lowest BCUT2D eigenvalue weighted by atomic mass is 9.92. The lowest BCUT2D eigenvalue weighted by Gasteiger charge is -2.30. The van der Waals surface area contributed by atoms with Gasteiger partial charge < -0.3 is 14.0 Å². The molecule has 2 fully saturated rings. The number of fused-ring (bicyclic) bond motifs is 1. The highest BCUT2D eigenvalue weighted by Crippen LogP contribution is 2.43. The molecule has 0 radical (unpaired) electrons. The molecule has 0 unspecified atom stereocenters. The van der Waals surface area contributed by atoms with Gasteiger partial charge in [0, 0.05) is 43.1 Å². The van der Waals surface area contributed by atoms with Crippen molar-refractivity contribution in [2.45, 2.75) is 44.2 Å². The molecule has 2 aliphatic rings. The van der Waals surface area contributed by atoms with E-state index in [2.05, 4.69) is 26.1 Å². The predicted molar refractivity (Wildman–Crippen MR) is 131 cm³/mol. The summed E-state index contributed by atoms with van der Waals surface area (Å²) in [5.41, 5.74) is 3.83. The Bertz CT molecular complexity index is 1330. The first-order chi connectivity index (χ1) is 16.5. The van der Waals surface area contributed by atoms with Gasteiger partial charge in [0.1, 0.15) is 17.9 Å². The van der Waals surface area contributed by atoms with Crippen LogP contribution in [0.2, 0.25) is 0 Å². The van der Waals surface area contributed by atoms with Crippen LogP contribution in [0.5, 0.6) is 5.75 Å². The number of anilines is 1. The largest absolute Gasteiger partial charge is 0.490 e. The molecular weight excluding hydrogens is 452 g/mol. The maximum Gasteiger partial charge on any atom is 0.298 e. The SMILES string of the molecule is CNS(=O)(=O)Nc1ccc(-c2c(C#N)c3ccc(OC4CCOCC4)cc3n2C2CCC2)cc1. The van der Waals surface area contributed by atoms with Crippen LogP contribution in [0.25, 0.3) is 22.2 Å². The van der Waals surface area contributed by atoms with Crippen molar-refractivity contribution in [2.75, 3.05) is 25.0 Å². The summed E-state index contributed by atoms with van der Waals surface area (Å²) in [6, 6.07) is 15.9. The van der Waals surface area contributed by atoms with Crippen molar-refractivity contribution in [3.05, 3.63) is 48.0 Å². The first-order valence-electron chi connectivity index (χ1n) is 11.6. The molecule has 0 atom stereocenters. The van der Waals surface area contributed by atoms with Crippen LogP contribution in [0.4, 0.5) is 5.69 Å². The second-order valence-electron chi connectivity index (χ2n) is 8.79. The van der Waals surface area contributed by atoms with E-state index < -0.39 is 10.2 Å². The lowest BCUT2D eigenvalue weighted by Crippen LogP contribution is -2.26. The van der Waals surface area contributed by atoms with Crippen LogP contribution in [0.3, 0.4) is 0 Å². The molecule has 0 spiro atoms. The van der Waals surface area contributed by atoms with E-state index in [1.165, 1.54) is 7.05 Å². The summed E-state index contributed by atoms with van der Waals surface area (Å²) in [4.78, 5) is 0. The van der Waals surface area contributed by atoms with E-state index in [1.54, 1.807) is 12.1 Å². The maximum atomic E-state index is 11.8. The van der Waals surface area contributed by atoms with E-state index in [0.717, 1.165) is 60.0 Å². The number of ether oxygens (including phenoxy) is 2. The molecule has 178 valence electrons. The zero-order valence-electron chi connectivity index (χ0n) is 19.1. The van der Waals surface area contributed by atoms with Crippen molar-refractivity contribution in [1.29, 1.82) is 5.26 Å².